The first-order valence-electron chi connectivity index (χ1n) is 8.54. The van der Waals surface area contributed by atoms with Crippen molar-refractivity contribution in [1.82, 2.24) is 15.1 Å². The number of nitrogens with one attached hydrogen (secondary N) is 1. The van der Waals surface area contributed by atoms with E-state index in [4.69, 9.17) is 0 Å². The first-order valence-corrected chi connectivity index (χ1v) is 9.34. The minimum absolute atomic E-state index is 0.592. The van der Waals surface area contributed by atoms with Crippen LogP contribution in [0.2, 0.25) is 0 Å². The number of nitrogens with zero attached hydrogens (tertiary/aromatic N) is 2. The molecule has 1 fully saturated rings. The molecule has 1 atom stereocenters. The van der Waals surface area contributed by atoms with Crippen molar-refractivity contribution in [3.63, 3.8) is 0 Å². The van der Waals surface area contributed by atoms with Crippen LogP contribution in [0.25, 0.3) is 0 Å². The van der Waals surface area contributed by atoms with Gasteiger partial charge in [-0.25, -0.2) is 0 Å². The summed E-state index contributed by atoms with van der Waals surface area (Å²) in [5.74, 6) is 0.821. The molecule has 0 radical (unpaired) electrons. The normalized spacial score (nSPS) is 18.7. The van der Waals surface area contributed by atoms with E-state index in [2.05, 4.69) is 51.9 Å². The number of hydrogen-bond acceptors (Lipinski definition) is 2. The van der Waals surface area contributed by atoms with Gasteiger partial charge in [-0.2, -0.15) is 5.10 Å². The molecule has 1 unspecified atom stereocenters. The highest BCUT2D eigenvalue weighted by Crippen LogP contribution is 2.29. The van der Waals surface area contributed by atoms with Crippen molar-refractivity contribution >= 4 is 15.9 Å². The zero-order valence-corrected chi connectivity index (χ0v) is 15.4. The monoisotopic (exact) mass is 355 g/mol. The fourth-order valence-electron chi connectivity index (χ4n) is 3.56. The molecule has 0 amide bonds. The van der Waals surface area contributed by atoms with Gasteiger partial charge in [-0.15, -0.1) is 0 Å². The Morgan fingerprint density at radius 3 is 2.48 bits per heavy atom. The van der Waals surface area contributed by atoms with Crippen LogP contribution < -0.4 is 5.32 Å². The third kappa shape index (κ3) is 4.56. The molecule has 120 valence electrons. The molecule has 0 aromatic carbocycles. The summed E-state index contributed by atoms with van der Waals surface area (Å²) in [6.07, 6.45) is 10.7. The van der Waals surface area contributed by atoms with E-state index >= 15 is 0 Å². The standard InChI is InChI=1S/C17H30BrN3/c1-4-11-19-15(14-9-7-5-6-8-10-14)12-16-17(18)13(2)20-21(16)3/h14-15,19H,4-12H2,1-3H3. The van der Waals surface area contributed by atoms with Crippen LogP contribution >= 0.6 is 15.9 Å². The second-order valence-electron chi connectivity index (χ2n) is 6.49. The molecule has 0 bridgehead atoms. The molecule has 0 aliphatic heterocycles. The van der Waals surface area contributed by atoms with Gasteiger partial charge >= 0.3 is 0 Å². The highest BCUT2D eigenvalue weighted by atomic mass is 79.9. The van der Waals surface area contributed by atoms with Crippen molar-refractivity contribution in [3.05, 3.63) is 15.9 Å². The number of aromatic nitrogens is 2. The Kier molecular flexibility index (Phi) is 6.74. The maximum atomic E-state index is 4.55. The van der Waals surface area contributed by atoms with E-state index in [0.717, 1.165) is 24.6 Å². The SMILES string of the molecule is CCCNC(Cc1c(Br)c(C)nn1C)C1CCCCCC1. The lowest BCUT2D eigenvalue weighted by Gasteiger charge is -2.27. The van der Waals surface area contributed by atoms with Crippen molar-refractivity contribution in [2.45, 2.75) is 71.3 Å². The van der Waals surface area contributed by atoms with Crippen molar-refractivity contribution < 1.29 is 0 Å². The first-order chi connectivity index (χ1) is 10.1. The average molecular weight is 356 g/mol. The Bertz CT molecular complexity index is 433. The Morgan fingerprint density at radius 2 is 1.95 bits per heavy atom. The minimum atomic E-state index is 0.592. The molecule has 3 nitrogen and oxygen atoms in total. The Hall–Kier alpha value is -0.350. The third-order valence-electron chi connectivity index (χ3n) is 4.80. The predicted octanol–water partition coefficient (Wildman–Crippen LogP) is 4.37. The molecule has 1 N–H and O–H groups in total. The van der Waals surface area contributed by atoms with Crippen LogP contribution in [0.4, 0.5) is 0 Å². The molecule has 4 heteroatoms. The van der Waals surface area contributed by atoms with Crippen LogP contribution in [0.3, 0.4) is 0 Å². The summed E-state index contributed by atoms with van der Waals surface area (Å²) in [7, 11) is 2.07. The second kappa shape index (κ2) is 8.33. The fourth-order valence-corrected chi connectivity index (χ4v) is 4.06. The highest BCUT2D eigenvalue weighted by Gasteiger charge is 2.25. The lowest BCUT2D eigenvalue weighted by atomic mass is 9.88. The maximum absolute atomic E-state index is 4.55. The van der Waals surface area contributed by atoms with Crippen LogP contribution in [0.5, 0.6) is 0 Å². The number of hydrogen-bond donors (Lipinski definition) is 1. The lowest BCUT2D eigenvalue weighted by molar-refractivity contribution is 0.313. The first kappa shape index (κ1) is 17.0. The quantitative estimate of drug-likeness (QED) is 0.767. The summed E-state index contributed by atoms with van der Waals surface area (Å²) in [6.45, 7) is 5.45. The third-order valence-corrected chi connectivity index (χ3v) is 5.83. The van der Waals surface area contributed by atoms with Crippen LogP contribution in [-0.4, -0.2) is 22.4 Å². The number of halogens is 1. The summed E-state index contributed by atoms with van der Waals surface area (Å²) >= 11 is 3.73. The zero-order valence-electron chi connectivity index (χ0n) is 13.8. The van der Waals surface area contributed by atoms with E-state index in [0.29, 0.717) is 6.04 Å². The van der Waals surface area contributed by atoms with Gasteiger partial charge in [0.25, 0.3) is 0 Å². The molecular formula is C17H30BrN3. The highest BCUT2D eigenvalue weighted by molar-refractivity contribution is 9.10. The largest absolute Gasteiger partial charge is 0.313 e. The van der Waals surface area contributed by atoms with E-state index in [1.54, 1.807) is 0 Å². The summed E-state index contributed by atoms with van der Waals surface area (Å²) in [4.78, 5) is 0. The van der Waals surface area contributed by atoms with Crippen molar-refractivity contribution in [2.24, 2.45) is 13.0 Å². The van der Waals surface area contributed by atoms with Gasteiger partial charge in [-0.05, 0) is 54.6 Å². The molecule has 2 rings (SSSR count). The summed E-state index contributed by atoms with van der Waals surface area (Å²) in [5, 5.41) is 8.37. The van der Waals surface area contributed by atoms with Crippen molar-refractivity contribution in [3.8, 4) is 0 Å². The topological polar surface area (TPSA) is 29.9 Å². The average Bonchev–Trinajstić information content (AvgIpc) is 2.69. The molecular weight excluding hydrogens is 326 g/mol. The number of rotatable bonds is 6. The molecule has 1 aliphatic carbocycles. The minimum Gasteiger partial charge on any atom is -0.313 e. The van der Waals surface area contributed by atoms with Gasteiger partial charge in [0.05, 0.1) is 15.9 Å². The van der Waals surface area contributed by atoms with Crippen LogP contribution in [-0.2, 0) is 13.5 Å². The molecule has 1 saturated carbocycles. The van der Waals surface area contributed by atoms with Gasteiger partial charge in [-0.3, -0.25) is 4.68 Å². The Balaban J connectivity index is 2.11. The molecule has 0 saturated heterocycles. The second-order valence-corrected chi connectivity index (χ2v) is 7.28. The Morgan fingerprint density at radius 1 is 1.29 bits per heavy atom. The van der Waals surface area contributed by atoms with Gasteiger partial charge in [0.15, 0.2) is 0 Å². The molecule has 1 aromatic rings. The molecule has 0 spiro atoms. The van der Waals surface area contributed by atoms with Crippen molar-refractivity contribution in [1.29, 1.82) is 0 Å². The van der Waals surface area contributed by atoms with Gasteiger partial charge < -0.3 is 5.32 Å². The molecule has 1 heterocycles. The smallest absolute Gasteiger partial charge is 0.0738 e. The van der Waals surface area contributed by atoms with Gasteiger partial charge in [-0.1, -0.05) is 32.6 Å². The van der Waals surface area contributed by atoms with Crippen LogP contribution in [0.15, 0.2) is 4.47 Å². The number of aryl methyl sites for hydroxylation is 2. The van der Waals surface area contributed by atoms with Gasteiger partial charge in [0, 0.05) is 19.5 Å². The van der Waals surface area contributed by atoms with E-state index in [9.17, 15) is 0 Å². The summed E-state index contributed by atoms with van der Waals surface area (Å²) < 4.78 is 3.25. The van der Waals surface area contributed by atoms with E-state index in [-0.39, 0.29) is 0 Å². The van der Waals surface area contributed by atoms with Crippen LogP contribution in [0, 0.1) is 12.8 Å². The molecule has 1 aliphatic rings. The van der Waals surface area contributed by atoms with E-state index in [1.807, 2.05) is 0 Å². The van der Waals surface area contributed by atoms with E-state index < -0.39 is 0 Å². The van der Waals surface area contributed by atoms with Gasteiger partial charge in [0.2, 0.25) is 0 Å². The maximum Gasteiger partial charge on any atom is 0.0738 e. The summed E-state index contributed by atoms with van der Waals surface area (Å²) in [6, 6.07) is 0.592. The van der Waals surface area contributed by atoms with Gasteiger partial charge in [0.1, 0.15) is 0 Å². The molecule has 21 heavy (non-hydrogen) atoms. The van der Waals surface area contributed by atoms with Crippen molar-refractivity contribution in [2.75, 3.05) is 6.54 Å². The van der Waals surface area contributed by atoms with E-state index in [1.165, 1.54) is 55.1 Å². The Labute approximate surface area is 138 Å². The zero-order chi connectivity index (χ0) is 15.2. The molecule has 1 aromatic heterocycles. The predicted molar refractivity (Wildman–Crippen MR) is 92.6 cm³/mol. The summed E-state index contributed by atoms with van der Waals surface area (Å²) in [5.41, 5.74) is 2.44. The lowest BCUT2D eigenvalue weighted by Crippen LogP contribution is -2.39. The fraction of sp³-hybridized carbons (Fsp3) is 0.824. The van der Waals surface area contributed by atoms with Crippen LogP contribution in [0.1, 0.15) is 63.3 Å².